The molecule has 0 aromatic heterocycles. The van der Waals surface area contributed by atoms with Gasteiger partial charge in [0.15, 0.2) is 5.79 Å². The first-order valence-corrected chi connectivity index (χ1v) is 4.79. The van der Waals surface area contributed by atoms with E-state index in [2.05, 4.69) is 0 Å². The van der Waals surface area contributed by atoms with Crippen LogP contribution in [0.5, 0.6) is 0 Å². The molecule has 0 radical (unpaired) electrons. The second kappa shape index (κ2) is 3.43. The molecular formula is C9H16O5. The Bertz CT molecular complexity index is 215. The quantitative estimate of drug-likeness (QED) is 0.544. The van der Waals surface area contributed by atoms with Gasteiger partial charge in [0.2, 0.25) is 0 Å². The second-order valence-corrected chi connectivity index (χ2v) is 4.22. The number of ether oxygens (including phenoxy) is 3. The summed E-state index contributed by atoms with van der Waals surface area (Å²) >= 11 is 0. The highest BCUT2D eigenvalue weighted by Gasteiger charge is 2.46. The highest BCUT2D eigenvalue weighted by molar-refractivity contribution is 4.91. The van der Waals surface area contributed by atoms with Crippen molar-refractivity contribution in [3.05, 3.63) is 0 Å². The van der Waals surface area contributed by atoms with Gasteiger partial charge >= 0.3 is 0 Å². The van der Waals surface area contributed by atoms with E-state index in [4.69, 9.17) is 14.2 Å². The van der Waals surface area contributed by atoms with Gasteiger partial charge in [0.25, 0.3) is 0 Å². The van der Waals surface area contributed by atoms with Gasteiger partial charge in [-0.25, -0.2) is 0 Å². The number of hydrogen-bond donors (Lipinski definition) is 2. The van der Waals surface area contributed by atoms with Crippen LogP contribution >= 0.6 is 0 Å². The Labute approximate surface area is 82.6 Å². The first kappa shape index (κ1) is 10.3. The molecule has 0 aromatic carbocycles. The fraction of sp³-hybridized carbons (Fsp3) is 1.00. The fourth-order valence-corrected chi connectivity index (χ4v) is 1.79. The maximum Gasteiger partial charge on any atom is 0.163 e. The summed E-state index contributed by atoms with van der Waals surface area (Å²) in [7, 11) is 0. The van der Waals surface area contributed by atoms with Crippen molar-refractivity contribution in [3.8, 4) is 0 Å². The topological polar surface area (TPSA) is 68.2 Å². The maximum atomic E-state index is 9.69. The van der Waals surface area contributed by atoms with E-state index in [1.165, 1.54) is 0 Å². The minimum Gasteiger partial charge on any atom is -0.388 e. The zero-order valence-corrected chi connectivity index (χ0v) is 8.34. The molecule has 0 bridgehead atoms. The van der Waals surface area contributed by atoms with E-state index in [1.54, 1.807) is 13.8 Å². The minimum absolute atomic E-state index is 0.134. The summed E-state index contributed by atoms with van der Waals surface area (Å²) in [5.41, 5.74) is 0. The largest absolute Gasteiger partial charge is 0.388 e. The van der Waals surface area contributed by atoms with Crippen LogP contribution in [0.1, 0.15) is 13.8 Å². The molecule has 0 aromatic rings. The van der Waals surface area contributed by atoms with E-state index in [1.807, 2.05) is 0 Å². The van der Waals surface area contributed by atoms with Crippen molar-refractivity contribution in [2.24, 2.45) is 0 Å². The molecule has 5 nitrogen and oxygen atoms in total. The second-order valence-electron chi connectivity index (χ2n) is 4.22. The van der Waals surface area contributed by atoms with Crippen LogP contribution in [-0.4, -0.2) is 53.6 Å². The summed E-state index contributed by atoms with van der Waals surface area (Å²) < 4.78 is 16.2. The molecule has 2 N–H and O–H groups in total. The summed E-state index contributed by atoms with van der Waals surface area (Å²) in [4.78, 5) is 0. The van der Waals surface area contributed by atoms with Crippen LogP contribution in [0.15, 0.2) is 0 Å². The number of hydrogen-bond acceptors (Lipinski definition) is 5. The molecule has 0 aliphatic carbocycles. The predicted molar refractivity (Wildman–Crippen MR) is 46.7 cm³/mol. The number of fused-ring (bicyclic) bond motifs is 1. The SMILES string of the molecule is CC1(C)OC[C@@H]2OC[C@@H](O)[C@@H](O)[C@@H]2O1. The molecule has 2 rings (SSSR count). The standard InChI is InChI=1S/C9H16O5/c1-9(2)13-4-6-8(14-9)7(11)5(10)3-12-6/h5-8,10-11H,3-4H2,1-2H3/t5-,6+,7-,8-/m1/s1. The van der Waals surface area contributed by atoms with Crippen molar-refractivity contribution < 1.29 is 24.4 Å². The van der Waals surface area contributed by atoms with Gasteiger partial charge < -0.3 is 24.4 Å². The molecule has 2 aliphatic rings. The molecule has 5 heteroatoms. The average molecular weight is 204 g/mol. The maximum absolute atomic E-state index is 9.69. The zero-order chi connectivity index (χ0) is 10.3. The van der Waals surface area contributed by atoms with Crippen molar-refractivity contribution in [2.45, 2.75) is 44.1 Å². The Morgan fingerprint density at radius 3 is 2.64 bits per heavy atom. The lowest BCUT2D eigenvalue weighted by Gasteiger charge is -2.46. The van der Waals surface area contributed by atoms with Gasteiger partial charge in [-0.2, -0.15) is 0 Å². The highest BCUT2D eigenvalue weighted by atomic mass is 16.7. The predicted octanol–water partition coefficient (Wildman–Crippen LogP) is -0.742. The lowest BCUT2D eigenvalue weighted by Crippen LogP contribution is -2.61. The van der Waals surface area contributed by atoms with Crippen molar-refractivity contribution in [3.63, 3.8) is 0 Å². The summed E-state index contributed by atoms with van der Waals surface area (Å²) in [5, 5.41) is 19.1. The number of aliphatic hydroxyl groups excluding tert-OH is 2. The van der Waals surface area contributed by atoms with Crippen LogP contribution in [0.25, 0.3) is 0 Å². The van der Waals surface area contributed by atoms with E-state index in [0.29, 0.717) is 6.61 Å². The van der Waals surface area contributed by atoms with Crippen molar-refractivity contribution in [2.75, 3.05) is 13.2 Å². The molecule has 82 valence electrons. The molecule has 2 saturated heterocycles. The molecule has 4 atom stereocenters. The van der Waals surface area contributed by atoms with E-state index < -0.39 is 24.1 Å². The molecule has 0 saturated carbocycles. The van der Waals surface area contributed by atoms with Crippen molar-refractivity contribution in [1.29, 1.82) is 0 Å². The molecule has 0 amide bonds. The summed E-state index contributed by atoms with van der Waals surface area (Å²) in [6.45, 7) is 4.07. The van der Waals surface area contributed by atoms with Crippen LogP contribution in [-0.2, 0) is 14.2 Å². The zero-order valence-electron chi connectivity index (χ0n) is 8.34. The normalized spacial score (nSPS) is 47.1. The third-order valence-electron chi connectivity index (χ3n) is 2.59. The molecule has 0 unspecified atom stereocenters. The first-order valence-electron chi connectivity index (χ1n) is 4.79. The molecule has 2 fully saturated rings. The van der Waals surface area contributed by atoms with Crippen LogP contribution in [0.3, 0.4) is 0 Å². The van der Waals surface area contributed by atoms with Crippen molar-refractivity contribution >= 4 is 0 Å². The van der Waals surface area contributed by atoms with E-state index in [-0.39, 0.29) is 12.7 Å². The number of aliphatic hydroxyl groups is 2. The molecule has 2 heterocycles. The monoisotopic (exact) mass is 204 g/mol. The van der Waals surface area contributed by atoms with E-state index in [9.17, 15) is 10.2 Å². The first-order chi connectivity index (χ1) is 6.49. The lowest BCUT2D eigenvalue weighted by atomic mass is 9.99. The molecule has 2 aliphatic heterocycles. The van der Waals surface area contributed by atoms with Gasteiger partial charge in [-0.15, -0.1) is 0 Å². The third kappa shape index (κ3) is 1.78. The summed E-state index contributed by atoms with van der Waals surface area (Å²) in [6.07, 6.45) is -2.54. The summed E-state index contributed by atoms with van der Waals surface area (Å²) in [5.74, 6) is -0.720. The van der Waals surface area contributed by atoms with Gasteiger partial charge in [0, 0.05) is 0 Å². The highest BCUT2D eigenvalue weighted by Crippen LogP contribution is 2.29. The van der Waals surface area contributed by atoms with E-state index in [0.717, 1.165) is 0 Å². The molecule has 0 spiro atoms. The third-order valence-corrected chi connectivity index (χ3v) is 2.59. The number of rotatable bonds is 0. The van der Waals surface area contributed by atoms with Crippen LogP contribution in [0.2, 0.25) is 0 Å². The van der Waals surface area contributed by atoms with E-state index >= 15 is 0 Å². The Morgan fingerprint density at radius 2 is 1.93 bits per heavy atom. The molecule has 14 heavy (non-hydrogen) atoms. The van der Waals surface area contributed by atoms with Crippen LogP contribution in [0.4, 0.5) is 0 Å². The van der Waals surface area contributed by atoms with Gasteiger partial charge in [-0.05, 0) is 13.8 Å². The Morgan fingerprint density at radius 1 is 1.21 bits per heavy atom. The Kier molecular flexibility index (Phi) is 2.53. The lowest BCUT2D eigenvalue weighted by molar-refractivity contribution is -0.346. The fourth-order valence-electron chi connectivity index (χ4n) is 1.79. The van der Waals surface area contributed by atoms with Gasteiger partial charge in [-0.1, -0.05) is 0 Å². The van der Waals surface area contributed by atoms with Crippen molar-refractivity contribution in [1.82, 2.24) is 0 Å². The minimum atomic E-state index is -0.892. The summed E-state index contributed by atoms with van der Waals surface area (Å²) in [6, 6.07) is 0. The van der Waals surface area contributed by atoms with Gasteiger partial charge in [-0.3, -0.25) is 0 Å². The Balaban J connectivity index is 2.08. The average Bonchev–Trinajstić information content (AvgIpc) is 2.11. The van der Waals surface area contributed by atoms with Gasteiger partial charge in [0.1, 0.15) is 24.4 Å². The van der Waals surface area contributed by atoms with Crippen LogP contribution < -0.4 is 0 Å². The Hall–Kier alpha value is -0.200. The molecular weight excluding hydrogens is 188 g/mol. The van der Waals surface area contributed by atoms with Crippen LogP contribution in [0, 0.1) is 0 Å². The smallest absolute Gasteiger partial charge is 0.163 e. The van der Waals surface area contributed by atoms with Gasteiger partial charge in [0.05, 0.1) is 13.2 Å².